The zero-order chi connectivity index (χ0) is 11.7. The maximum atomic E-state index is 11.4. The summed E-state index contributed by atoms with van der Waals surface area (Å²) in [7, 11) is 1.55. The van der Waals surface area contributed by atoms with E-state index in [0.717, 1.165) is 37.5 Å². The summed E-state index contributed by atoms with van der Waals surface area (Å²) in [4.78, 5) is 13.6. The molecular weight excluding hydrogens is 274 g/mol. The van der Waals surface area contributed by atoms with Gasteiger partial charge in [0.05, 0.1) is 0 Å². The van der Waals surface area contributed by atoms with Crippen molar-refractivity contribution in [1.82, 2.24) is 4.90 Å². The molecule has 16 heavy (non-hydrogen) atoms. The minimum absolute atomic E-state index is 0.333. The van der Waals surface area contributed by atoms with Crippen molar-refractivity contribution < 1.29 is 14.3 Å². The monoisotopic (exact) mass is 289 g/mol. The van der Waals surface area contributed by atoms with Crippen LogP contribution in [0.2, 0.25) is 0 Å². The summed E-state index contributed by atoms with van der Waals surface area (Å²) < 4.78 is 10.8. The van der Waals surface area contributed by atoms with Gasteiger partial charge in [0, 0.05) is 20.2 Å². The molecule has 0 amide bonds. The van der Waals surface area contributed by atoms with Gasteiger partial charge in [-0.15, -0.1) is 0 Å². The highest BCUT2D eigenvalue weighted by atomic mass is 79.9. The normalized spacial score (nSPS) is 27.6. The Morgan fingerprint density at radius 2 is 2.06 bits per heavy atom. The van der Waals surface area contributed by atoms with Crippen LogP contribution in [0.3, 0.4) is 0 Å². The highest BCUT2D eigenvalue weighted by Gasteiger charge is 2.37. The molecule has 1 atom stereocenters. The Labute approximate surface area is 104 Å². The third kappa shape index (κ3) is 2.11. The molecule has 90 valence electrons. The Balaban J connectivity index is 2.15. The largest absolute Gasteiger partial charge is 0.426 e. The number of likely N-dealkylation sites (tertiary alicyclic amines) is 1. The van der Waals surface area contributed by atoms with Gasteiger partial charge in [-0.2, -0.15) is 0 Å². The fourth-order valence-electron chi connectivity index (χ4n) is 2.11. The van der Waals surface area contributed by atoms with Crippen LogP contribution in [-0.4, -0.2) is 37.4 Å². The smallest absolute Gasteiger partial charge is 0.349 e. The predicted octanol–water partition coefficient (Wildman–Crippen LogP) is 1.85. The van der Waals surface area contributed by atoms with Crippen LogP contribution in [0.4, 0.5) is 0 Å². The van der Waals surface area contributed by atoms with Crippen molar-refractivity contribution in [3.05, 3.63) is 10.2 Å². The number of carbonyl (C=O) groups excluding carboxylic acids is 1. The van der Waals surface area contributed by atoms with Crippen LogP contribution in [0.1, 0.15) is 19.8 Å². The third-order valence-corrected chi connectivity index (χ3v) is 3.91. The summed E-state index contributed by atoms with van der Waals surface area (Å²) in [5, 5.41) is 0. The van der Waals surface area contributed by atoms with Crippen LogP contribution >= 0.6 is 15.9 Å². The van der Waals surface area contributed by atoms with Gasteiger partial charge in [0.25, 0.3) is 0 Å². The van der Waals surface area contributed by atoms with E-state index in [1.54, 1.807) is 7.11 Å². The molecule has 0 aromatic carbocycles. The molecule has 2 aliphatic heterocycles. The van der Waals surface area contributed by atoms with Gasteiger partial charge in [-0.3, -0.25) is 0 Å². The van der Waals surface area contributed by atoms with Crippen molar-refractivity contribution in [2.75, 3.05) is 20.2 Å². The summed E-state index contributed by atoms with van der Waals surface area (Å²) in [5.41, 5.74) is 0.847. The van der Waals surface area contributed by atoms with Gasteiger partial charge in [0.1, 0.15) is 10.2 Å². The molecule has 0 N–H and O–H groups in total. The molecule has 0 saturated carbocycles. The lowest BCUT2D eigenvalue weighted by Crippen LogP contribution is -2.36. The quantitative estimate of drug-likeness (QED) is 0.728. The van der Waals surface area contributed by atoms with Gasteiger partial charge >= 0.3 is 5.97 Å². The van der Waals surface area contributed by atoms with E-state index in [9.17, 15) is 4.79 Å². The Hall–Kier alpha value is -0.550. The maximum Gasteiger partial charge on any atom is 0.349 e. The number of piperidine rings is 1. The number of hydrogen-bond donors (Lipinski definition) is 0. The van der Waals surface area contributed by atoms with Crippen molar-refractivity contribution in [3.8, 4) is 0 Å². The Morgan fingerprint density at radius 1 is 1.44 bits per heavy atom. The van der Waals surface area contributed by atoms with Crippen LogP contribution in [0.5, 0.6) is 0 Å². The van der Waals surface area contributed by atoms with Crippen molar-refractivity contribution in [1.29, 1.82) is 0 Å². The summed E-state index contributed by atoms with van der Waals surface area (Å²) in [6, 6.07) is 0. The van der Waals surface area contributed by atoms with Crippen molar-refractivity contribution >= 4 is 21.9 Å². The lowest BCUT2D eigenvalue weighted by Gasteiger charge is -2.34. The Bertz CT molecular complexity index is 321. The molecule has 4 nitrogen and oxygen atoms in total. The number of hydrogen-bond acceptors (Lipinski definition) is 4. The molecule has 1 fully saturated rings. The SMILES string of the molecule is COC1OC(=O)C(Br)=C1N1CCC(C)CC1. The van der Waals surface area contributed by atoms with Gasteiger partial charge in [-0.1, -0.05) is 6.92 Å². The van der Waals surface area contributed by atoms with Gasteiger partial charge in [0.2, 0.25) is 6.29 Å². The first-order chi connectivity index (χ1) is 7.63. The number of nitrogens with zero attached hydrogens (tertiary/aromatic N) is 1. The van der Waals surface area contributed by atoms with E-state index in [0.29, 0.717) is 4.48 Å². The third-order valence-electron chi connectivity index (χ3n) is 3.18. The van der Waals surface area contributed by atoms with E-state index in [-0.39, 0.29) is 5.97 Å². The number of cyclic esters (lactones) is 1. The van der Waals surface area contributed by atoms with E-state index in [4.69, 9.17) is 9.47 Å². The van der Waals surface area contributed by atoms with Gasteiger partial charge in [-0.05, 0) is 34.7 Å². The summed E-state index contributed by atoms with van der Waals surface area (Å²) >= 11 is 3.29. The predicted molar refractivity (Wildman–Crippen MR) is 62.8 cm³/mol. The zero-order valence-electron chi connectivity index (χ0n) is 9.53. The van der Waals surface area contributed by atoms with E-state index in [1.165, 1.54) is 0 Å². The molecule has 0 aromatic rings. The molecular formula is C11H16BrNO3. The summed E-state index contributed by atoms with van der Waals surface area (Å²) in [5.74, 6) is 0.426. The molecule has 2 heterocycles. The van der Waals surface area contributed by atoms with Crippen LogP contribution in [0, 0.1) is 5.92 Å². The molecule has 1 saturated heterocycles. The standard InChI is InChI=1S/C11H16BrNO3/c1-7-3-5-13(6-4-7)9-8(12)10(14)16-11(9)15-2/h7,11H,3-6H2,1-2H3. The molecule has 2 rings (SSSR count). The van der Waals surface area contributed by atoms with Crippen LogP contribution in [-0.2, 0) is 14.3 Å². The second kappa shape index (κ2) is 4.75. The lowest BCUT2D eigenvalue weighted by atomic mass is 9.99. The van der Waals surface area contributed by atoms with Crippen molar-refractivity contribution in [3.63, 3.8) is 0 Å². The molecule has 0 aliphatic carbocycles. The van der Waals surface area contributed by atoms with Gasteiger partial charge < -0.3 is 14.4 Å². The van der Waals surface area contributed by atoms with Gasteiger partial charge in [0.15, 0.2) is 0 Å². The fraction of sp³-hybridized carbons (Fsp3) is 0.727. The summed E-state index contributed by atoms with van der Waals surface area (Å²) in [6.45, 7) is 4.18. The van der Waals surface area contributed by atoms with E-state index in [1.807, 2.05) is 0 Å². The number of methoxy groups -OCH3 is 1. The second-order valence-electron chi connectivity index (χ2n) is 4.34. The zero-order valence-corrected chi connectivity index (χ0v) is 11.1. The van der Waals surface area contributed by atoms with Crippen LogP contribution in [0.15, 0.2) is 10.2 Å². The van der Waals surface area contributed by atoms with Crippen LogP contribution in [0.25, 0.3) is 0 Å². The number of ether oxygens (including phenoxy) is 2. The second-order valence-corrected chi connectivity index (χ2v) is 5.13. The Kier molecular flexibility index (Phi) is 3.54. The van der Waals surface area contributed by atoms with E-state index in [2.05, 4.69) is 27.8 Å². The molecule has 2 aliphatic rings. The van der Waals surface area contributed by atoms with Crippen molar-refractivity contribution in [2.45, 2.75) is 26.1 Å². The maximum absolute atomic E-state index is 11.4. The lowest BCUT2D eigenvalue weighted by molar-refractivity contribution is -0.157. The molecule has 0 bridgehead atoms. The Morgan fingerprint density at radius 3 is 2.62 bits per heavy atom. The molecule has 5 heteroatoms. The minimum atomic E-state index is -0.546. The summed E-state index contributed by atoms with van der Waals surface area (Å²) in [6.07, 6.45) is 1.75. The highest BCUT2D eigenvalue weighted by molar-refractivity contribution is 9.12. The number of esters is 1. The van der Waals surface area contributed by atoms with Crippen LogP contribution < -0.4 is 0 Å². The first-order valence-corrected chi connectivity index (χ1v) is 6.31. The topological polar surface area (TPSA) is 38.8 Å². The number of rotatable bonds is 2. The molecule has 0 radical (unpaired) electrons. The first kappa shape index (κ1) is 11.9. The average Bonchev–Trinajstić information content (AvgIpc) is 2.57. The van der Waals surface area contributed by atoms with Gasteiger partial charge in [-0.25, -0.2) is 4.79 Å². The number of halogens is 1. The molecule has 0 spiro atoms. The highest BCUT2D eigenvalue weighted by Crippen LogP contribution is 2.32. The number of carbonyl (C=O) groups is 1. The fourth-order valence-corrected chi connectivity index (χ4v) is 2.64. The first-order valence-electron chi connectivity index (χ1n) is 5.52. The van der Waals surface area contributed by atoms with E-state index < -0.39 is 6.29 Å². The molecule has 0 aromatic heterocycles. The average molecular weight is 290 g/mol. The van der Waals surface area contributed by atoms with Crippen molar-refractivity contribution in [2.24, 2.45) is 5.92 Å². The minimum Gasteiger partial charge on any atom is -0.426 e. The van der Waals surface area contributed by atoms with E-state index >= 15 is 0 Å². The molecule has 1 unspecified atom stereocenters.